The summed E-state index contributed by atoms with van der Waals surface area (Å²) in [7, 11) is 0. The third-order valence-electron chi connectivity index (χ3n) is 3.40. The van der Waals surface area contributed by atoms with Gasteiger partial charge in [-0.25, -0.2) is 4.79 Å². The smallest absolute Gasteiger partial charge is 0.412 e. The Morgan fingerprint density at radius 3 is 2.54 bits per heavy atom. The van der Waals surface area contributed by atoms with Crippen molar-refractivity contribution in [1.29, 1.82) is 0 Å². The topological polar surface area (TPSA) is 77.5 Å². The molecule has 1 heterocycles. The number of ether oxygens (including phenoxy) is 1. The number of fused-ring (bicyclic) bond motifs is 1. The summed E-state index contributed by atoms with van der Waals surface area (Å²) in [5.41, 5.74) is 8.10. The summed E-state index contributed by atoms with van der Waals surface area (Å²) in [4.78, 5) is 11.8. The van der Waals surface area contributed by atoms with E-state index in [4.69, 9.17) is 14.9 Å². The van der Waals surface area contributed by atoms with Crippen molar-refractivity contribution in [2.45, 2.75) is 26.4 Å². The summed E-state index contributed by atoms with van der Waals surface area (Å²) < 4.78 is 11.1. The zero-order valence-electron chi connectivity index (χ0n) is 13.9. The van der Waals surface area contributed by atoms with E-state index in [0.29, 0.717) is 11.4 Å². The maximum atomic E-state index is 11.8. The number of benzene rings is 2. The van der Waals surface area contributed by atoms with Gasteiger partial charge in [-0.2, -0.15) is 0 Å². The van der Waals surface area contributed by atoms with Crippen molar-refractivity contribution in [3.05, 3.63) is 48.5 Å². The Hall–Kier alpha value is -2.95. The summed E-state index contributed by atoms with van der Waals surface area (Å²) >= 11 is 0. The van der Waals surface area contributed by atoms with Crippen molar-refractivity contribution in [3.63, 3.8) is 0 Å². The minimum absolute atomic E-state index is 0.443. The maximum absolute atomic E-state index is 11.8. The number of carbonyl (C=O) groups excluding carboxylic acids is 1. The maximum Gasteiger partial charge on any atom is 0.412 e. The van der Waals surface area contributed by atoms with E-state index in [1.54, 1.807) is 32.9 Å². The van der Waals surface area contributed by atoms with E-state index in [1.165, 1.54) is 0 Å². The Morgan fingerprint density at radius 2 is 1.88 bits per heavy atom. The van der Waals surface area contributed by atoms with Crippen LogP contribution in [0.3, 0.4) is 0 Å². The second kappa shape index (κ2) is 5.92. The van der Waals surface area contributed by atoms with Gasteiger partial charge in [0.2, 0.25) is 0 Å². The Balaban J connectivity index is 1.83. The van der Waals surface area contributed by atoms with Gasteiger partial charge in [0.05, 0.1) is 11.4 Å². The molecular formula is C19H20N2O3. The average molecular weight is 324 g/mol. The predicted octanol–water partition coefficient (Wildman–Crippen LogP) is 5.03. The molecule has 3 rings (SSSR count). The lowest BCUT2D eigenvalue weighted by Crippen LogP contribution is -2.27. The van der Waals surface area contributed by atoms with Crippen LogP contribution in [0.1, 0.15) is 20.8 Å². The van der Waals surface area contributed by atoms with Gasteiger partial charge in [-0.05, 0) is 51.1 Å². The van der Waals surface area contributed by atoms with Crippen LogP contribution in [0.25, 0.3) is 22.3 Å². The fourth-order valence-electron chi connectivity index (χ4n) is 2.37. The summed E-state index contributed by atoms with van der Waals surface area (Å²) in [5, 5.41) is 3.68. The van der Waals surface area contributed by atoms with Crippen molar-refractivity contribution in [2.24, 2.45) is 0 Å². The first-order chi connectivity index (χ1) is 11.3. The molecule has 0 saturated heterocycles. The van der Waals surface area contributed by atoms with Crippen LogP contribution in [0.15, 0.2) is 52.9 Å². The molecule has 0 radical (unpaired) electrons. The molecule has 0 fully saturated rings. The normalized spacial score (nSPS) is 11.5. The number of nitrogen functional groups attached to an aromatic ring is 1. The minimum atomic E-state index is -0.562. The summed E-state index contributed by atoms with van der Waals surface area (Å²) in [5.74, 6) is 0.728. The first-order valence-corrected chi connectivity index (χ1v) is 7.70. The van der Waals surface area contributed by atoms with E-state index in [1.807, 2.05) is 36.4 Å². The van der Waals surface area contributed by atoms with Gasteiger partial charge in [0, 0.05) is 10.9 Å². The van der Waals surface area contributed by atoms with Crippen LogP contribution in [0.2, 0.25) is 0 Å². The number of furan rings is 1. The van der Waals surface area contributed by atoms with E-state index in [2.05, 4.69) is 5.32 Å². The number of carbonyl (C=O) groups is 1. The van der Waals surface area contributed by atoms with Gasteiger partial charge in [0.15, 0.2) is 0 Å². The van der Waals surface area contributed by atoms with Crippen LogP contribution < -0.4 is 11.1 Å². The number of hydrogen-bond donors (Lipinski definition) is 2. The molecule has 0 spiro atoms. The lowest BCUT2D eigenvalue weighted by Gasteiger charge is -2.20. The third-order valence-corrected chi connectivity index (χ3v) is 3.40. The highest BCUT2D eigenvalue weighted by Gasteiger charge is 2.17. The molecule has 0 aliphatic heterocycles. The number of anilines is 2. The van der Waals surface area contributed by atoms with Gasteiger partial charge < -0.3 is 14.9 Å². The molecular weight excluding hydrogens is 304 g/mol. The van der Waals surface area contributed by atoms with E-state index < -0.39 is 11.7 Å². The Labute approximate surface area is 140 Å². The van der Waals surface area contributed by atoms with Crippen LogP contribution >= 0.6 is 0 Å². The van der Waals surface area contributed by atoms with E-state index in [9.17, 15) is 4.79 Å². The second-order valence-electron chi connectivity index (χ2n) is 6.58. The average Bonchev–Trinajstić information content (AvgIpc) is 2.91. The highest BCUT2D eigenvalue weighted by atomic mass is 16.6. The fraction of sp³-hybridized carbons (Fsp3) is 0.211. The van der Waals surface area contributed by atoms with Crippen molar-refractivity contribution in [3.8, 4) is 11.3 Å². The lowest BCUT2D eigenvalue weighted by atomic mass is 10.1. The molecule has 5 nitrogen and oxygen atoms in total. The van der Waals surface area contributed by atoms with E-state index in [-0.39, 0.29) is 0 Å². The Bertz CT molecular complexity index is 858. The number of hydrogen-bond acceptors (Lipinski definition) is 4. The largest absolute Gasteiger partial charge is 0.456 e. The molecule has 0 atom stereocenters. The summed E-state index contributed by atoms with van der Waals surface area (Å²) in [6, 6.07) is 15.1. The summed E-state index contributed by atoms with van der Waals surface area (Å²) in [6.07, 6.45) is -0.536. The third kappa shape index (κ3) is 3.51. The minimum Gasteiger partial charge on any atom is -0.456 e. The predicted molar refractivity (Wildman–Crippen MR) is 95.9 cm³/mol. The molecule has 0 bridgehead atoms. The number of nitrogens with one attached hydrogen (secondary N) is 1. The zero-order valence-corrected chi connectivity index (χ0v) is 13.9. The molecule has 3 aromatic rings. The standard InChI is InChI=1S/C19H20N2O3/c1-19(2,3)24-18(22)21-15-9-8-13(10-14(15)20)17-11-12-6-4-5-7-16(12)23-17/h4-11H,20H2,1-3H3,(H,21,22). The van der Waals surface area contributed by atoms with Crippen molar-refractivity contribution in [2.75, 3.05) is 11.1 Å². The number of para-hydroxylation sites is 1. The second-order valence-corrected chi connectivity index (χ2v) is 6.58. The number of nitrogens with two attached hydrogens (primary N) is 1. The lowest BCUT2D eigenvalue weighted by molar-refractivity contribution is 0.0636. The summed E-state index contributed by atoms with van der Waals surface area (Å²) in [6.45, 7) is 5.42. The molecule has 5 heteroatoms. The van der Waals surface area contributed by atoms with Crippen LogP contribution in [-0.4, -0.2) is 11.7 Å². The molecule has 0 saturated carbocycles. The molecule has 0 unspecified atom stereocenters. The van der Waals surface area contributed by atoms with Gasteiger partial charge in [0.25, 0.3) is 0 Å². The van der Waals surface area contributed by atoms with Crippen LogP contribution in [0.4, 0.5) is 16.2 Å². The van der Waals surface area contributed by atoms with Gasteiger partial charge in [-0.1, -0.05) is 18.2 Å². The quantitative estimate of drug-likeness (QED) is 0.648. The highest BCUT2D eigenvalue weighted by molar-refractivity contribution is 5.91. The van der Waals surface area contributed by atoms with Gasteiger partial charge in [0.1, 0.15) is 16.9 Å². The fourth-order valence-corrected chi connectivity index (χ4v) is 2.37. The van der Waals surface area contributed by atoms with Gasteiger partial charge in [-0.15, -0.1) is 0 Å². The zero-order chi connectivity index (χ0) is 17.3. The molecule has 1 aromatic heterocycles. The van der Waals surface area contributed by atoms with Crippen molar-refractivity contribution < 1.29 is 13.9 Å². The molecule has 24 heavy (non-hydrogen) atoms. The van der Waals surface area contributed by atoms with E-state index >= 15 is 0 Å². The van der Waals surface area contributed by atoms with Gasteiger partial charge >= 0.3 is 6.09 Å². The van der Waals surface area contributed by atoms with E-state index in [0.717, 1.165) is 22.3 Å². The number of amides is 1. The monoisotopic (exact) mass is 324 g/mol. The first-order valence-electron chi connectivity index (χ1n) is 7.70. The first kappa shape index (κ1) is 15.9. The molecule has 2 aromatic carbocycles. The van der Waals surface area contributed by atoms with Crippen molar-refractivity contribution >= 4 is 28.4 Å². The molecule has 1 amide bonds. The SMILES string of the molecule is CC(C)(C)OC(=O)Nc1ccc(-c2cc3ccccc3o2)cc1N. The van der Waals surface area contributed by atoms with Gasteiger partial charge in [-0.3, -0.25) is 5.32 Å². The number of rotatable bonds is 2. The molecule has 0 aliphatic carbocycles. The molecule has 0 aliphatic rings. The Morgan fingerprint density at radius 1 is 1.12 bits per heavy atom. The van der Waals surface area contributed by atoms with Crippen LogP contribution in [-0.2, 0) is 4.74 Å². The Kier molecular flexibility index (Phi) is 3.93. The molecule has 124 valence electrons. The highest BCUT2D eigenvalue weighted by Crippen LogP contribution is 2.31. The van der Waals surface area contributed by atoms with Crippen LogP contribution in [0, 0.1) is 0 Å². The van der Waals surface area contributed by atoms with Crippen LogP contribution in [0.5, 0.6) is 0 Å². The molecule has 3 N–H and O–H groups in total. The van der Waals surface area contributed by atoms with Crippen molar-refractivity contribution in [1.82, 2.24) is 0 Å².